The molecule has 0 unspecified atom stereocenters. The topological polar surface area (TPSA) is 72.8 Å². The van der Waals surface area contributed by atoms with E-state index in [1.165, 1.54) is 12.1 Å². The van der Waals surface area contributed by atoms with Crippen molar-refractivity contribution in [2.45, 2.75) is 37.9 Å². The number of nitrogens with one attached hydrogen (secondary N) is 1. The van der Waals surface area contributed by atoms with E-state index < -0.39 is 18.0 Å². The van der Waals surface area contributed by atoms with Crippen molar-refractivity contribution in [2.75, 3.05) is 18.5 Å². The van der Waals surface area contributed by atoms with Crippen molar-refractivity contribution < 1.29 is 22.3 Å². The molecule has 1 aliphatic heterocycles. The van der Waals surface area contributed by atoms with Gasteiger partial charge in [0.2, 0.25) is 5.82 Å². The van der Waals surface area contributed by atoms with Gasteiger partial charge in [-0.15, -0.1) is 5.10 Å². The fourth-order valence-electron chi connectivity index (χ4n) is 4.37. The maximum atomic E-state index is 13.5. The minimum atomic E-state index is -4.60. The fraction of sp³-hybridized carbons (Fsp3) is 0.308. The maximum Gasteiger partial charge on any atom is 0.451 e. The van der Waals surface area contributed by atoms with Crippen LogP contribution >= 0.6 is 0 Å². The van der Waals surface area contributed by atoms with Gasteiger partial charge in [-0.25, -0.2) is 14.4 Å². The summed E-state index contributed by atoms with van der Waals surface area (Å²) in [5.74, 6) is -0.812. The van der Waals surface area contributed by atoms with Crippen LogP contribution in [0, 0.1) is 5.82 Å². The first kappa shape index (κ1) is 24.1. The summed E-state index contributed by atoms with van der Waals surface area (Å²) in [6.45, 7) is 3.11. The summed E-state index contributed by atoms with van der Waals surface area (Å²) in [7, 11) is 0. The highest BCUT2D eigenvalue weighted by atomic mass is 19.4. The van der Waals surface area contributed by atoms with Crippen LogP contribution in [-0.4, -0.2) is 33.4 Å². The first-order valence-corrected chi connectivity index (χ1v) is 11.6. The number of alkyl halides is 3. The van der Waals surface area contributed by atoms with Crippen LogP contribution in [0.2, 0.25) is 0 Å². The van der Waals surface area contributed by atoms with Crippen molar-refractivity contribution in [3.8, 4) is 11.1 Å². The number of hydrogen-bond acceptors (Lipinski definition) is 6. The average molecular weight is 497 g/mol. The van der Waals surface area contributed by atoms with Gasteiger partial charge in [0.25, 0.3) is 0 Å². The average Bonchev–Trinajstić information content (AvgIpc) is 2.89. The summed E-state index contributed by atoms with van der Waals surface area (Å²) < 4.78 is 57.5. The zero-order valence-electron chi connectivity index (χ0n) is 19.4. The van der Waals surface area contributed by atoms with E-state index in [1.54, 1.807) is 19.1 Å². The molecule has 2 aromatic carbocycles. The number of benzene rings is 2. The lowest BCUT2D eigenvalue weighted by Crippen LogP contribution is -2.17. The molecule has 10 heteroatoms. The number of ether oxygens (including phenoxy) is 1. The number of nitrogens with zero attached hydrogens (tertiary/aromatic N) is 4. The van der Waals surface area contributed by atoms with Crippen LogP contribution in [0.1, 0.15) is 48.8 Å². The molecule has 2 aromatic heterocycles. The minimum Gasteiger partial charge on any atom is -0.381 e. The van der Waals surface area contributed by atoms with Gasteiger partial charge in [0.05, 0.1) is 11.7 Å². The number of fused-ring (bicyclic) bond motifs is 1. The van der Waals surface area contributed by atoms with Gasteiger partial charge in [-0.3, -0.25) is 0 Å². The number of aromatic nitrogens is 4. The third-order valence-corrected chi connectivity index (χ3v) is 6.37. The predicted molar refractivity (Wildman–Crippen MR) is 127 cm³/mol. The van der Waals surface area contributed by atoms with Gasteiger partial charge in [-0.1, -0.05) is 24.3 Å². The van der Waals surface area contributed by atoms with Gasteiger partial charge in [0, 0.05) is 47.9 Å². The van der Waals surface area contributed by atoms with Gasteiger partial charge < -0.3 is 10.1 Å². The molecule has 0 radical (unpaired) electrons. The van der Waals surface area contributed by atoms with E-state index in [2.05, 4.69) is 25.5 Å². The second kappa shape index (κ2) is 9.77. The Labute approximate surface area is 204 Å². The zero-order valence-corrected chi connectivity index (χ0v) is 19.4. The molecule has 6 nitrogen and oxygen atoms in total. The Morgan fingerprint density at radius 2 is 1.58 bits per heavy atom. The summed E-state index contributed by atoms with van der Waals surface area (Å²) in [5.41, 5.74) is 3.08. The normalized spacial score (nSPS) is 15.7. The fourth-order valence-corrected chi connectivity index (χ4v) is 4.37. The van der Waals surface area contributed by atoms with E-state index in [0.29, 0.717) is 24.6 Å². The second-order valence-corrected chi connectivity index (χ2v) is 8.79. The molecular weight excluding hydrogens is 474 g/mol. The van der Waals surface area contributed by atoms with Gasteiger partial charge in [-0.05, 0) is 49.1 Å². The third kappa shape index (κ3) is 4.99. The molecule has 1 N–H and O–H groups in total. The van der Waals surface area contributed by atoms with Crippen molar-refractivity contribution in [1.29, 1.82) is 0 Å². The highest BCUT2D eigenvalue weighted by Crippen LogP contribution is 2.36. The summed E-state index contributed by atoms with van der Waals surface area (Å²) in [6.07, 6.45) is -0.606. The lowest BCUT2D eigenvalue weighted by molar-refractivity contribution is -0.145. The molecule has 4 aromatic rings. The molecule has 0 aliphatic carbocycles. The van der Waals surface area contributed by atoms with Crippen LogP contribution in [0.5, 0.6) is 0 Å². The molecule has 0 amide bonds. The molecule has 0 bridgehead atoms. The summed E-state index contributed by atoms with van der Waals surface area (Å²) in [4.78, 5) is 6.91. The Hall–Kier alpha value is -3.66. The first-order chi connectivity index (χ1) is 17.3. The number of halogens is 4. The lowest BCUT2D eigenvalue weighted by atomic mass is 9.91. The molecule has 0 saturated carbocycles. The molecule has 186 valence electrons. The molecule has 1 saturated heterocycles. The minimum absolute atomic E-state index is 0.209. The van der Waals surface area contributed by atoms with E-state index in [1.807, 2.05) is 18.2 Å². The van der Waals surface area contributed by atoms with Crippen molar-refractivity contribution in [3.63, 3.8) is 0 Å². The van der Waals surface area contributed by atoms with Gasteiger partial charge in [-0.2, -0.15) is 18.3 Å². The zero-order chi connectivity index (χ0) is 25.3. The predicted octanol–water partition coefficient (Wildman–Crippen LogP) is 6.31. The van der Waals surface area contributed by atoms with E-state index in [-0.39, 0.29) is 11.7 Å². The van der Waals surface area contributed by atoms with Crippen LogP contribution in [-0.2, 0) is 10.9 Å². The summed E-state index contributed by atoms with van der Waals surface area (Å²) >= 11 is 0. The number of anilines is 1. The van der Waals surface area contributed by atoms with Crippen LogP contribution in [0.15, 0.2) is 54.9 Å². The van der Waals surface area contributed by atoms with E-state index >= 15 is 0 Å². The maximum absolute atomic E-state index is 13.5. The molecule has 1 fully saturated rings. The van der Waals surface area contributed by atoms with Crippen LogP contribution < -0.4 is 5.32 Å². The SMILES string of the molecule is C[C@@H](Nc1nnc(C2CCOCC2)c2ccc(-c3ccc(F)cc3)cc12)c1cnc(C(F)(F)F)nc1. The Morgan fingerprint density at radius 1 is 0.917 bits per heavy atom. The second-order valence-electron chi connectivity index (χ2n) is 8.79. The van der Waals surface area contributed by atoms with E-state index in [9.17, 15) is 17.6 Å². The number of hydrogen-bond donors (Lipinski definition) is 1. The van der Waals surface area contributed by atoms with Crippen molar-refractivity contribution in [1.82, 2.24) is 20.2 Å². The molecule has 1 atom stereocenters. The van der Waals surface area contributed by atoms with E-state index in [4.69, 9.17) is 4.74 Å². The molecule has 5 rings (SSSR count). The van der Waals surface area contributed by atoms with Crippen molar-refractivity contribution in [2.24, 2.45) is 0 Å². The van der Waals surface area contributed by atoms with Crippen molar-refractivity contribution >= 4 is 16.6 Å². The quantitative estimate of drug-likeness (QED) is 0.326. The standard InChI is InChI=1S/C26H23F4N5O/c1-15(19-13-31-25(32-14-19)26(28,29)30)33-24-22-12-18(16-2-5-20(27)6-3-16)4-7-21(22)23(34-35-24)17-8-10-36-11-9-17/h2-7,12-15,17H,8-11H2,1H3,(H,33,35)/t15-/m1/s1. The van der Waals surface area contributed by atoms with Gasteiger partial charge >= 0.3 is 6.18 Å². The van der Waals surface area contributed by atoms with Crippen LogP contribution in [0.25, 0.3) is 21.9 Å². The Bertz CT molecular complexity index is 1350. The summed E-state index contributed by atoms with van der Waals surface area (Å²) in [5, 5.41) is 14.0. The smallest absolute Gasteiger partial charge is 0.381 e. The lowest BCUT2D eigenvalue weighted by Gasteiger charge is -2.23. The van der Waals surface area contributed by atoms with Gasteiger partial charge in [0.1, 0.15) is 5.82 Å². The van der Waals surface area contributed by atoms with Crippen molar-refractivity contribution in [3.05, 3.63) is 77.8 Å². The monoisotopic (exact) mass is 497 g/mol. The third-order valence-electron chi connectivity index (χ3n) is 6.37. The highest BCUT2D eigenvalue weighted by molar-refractivity contribution is 5.96. The van der Waals surface area contributed by atoms with Crippen LogP contribution in [0.4, 0.5) is 23.4 Å². The van der Waals surface area contributed by atoms with Gasteiger partial charge in [0.15, 0.2) is 5.82 Å². The molecular formula is C26H23F4N5O. The van der Waals surface area contributed by atoms with E-state index in [0.717, 1.165) is 52.8 Å². The highest BCUT2D eigenvalue weighted by Gasteiger charge is 2.34. The molecule has 0 spiro atoms. The summed E-state index contributed by atoms with van der Waals surface area (Å²) in [6, 6.07) is 11.7. The molecule has 36 heavy (non-hydrogen) atoms. The Morgan fingerprint density at radius 3 is 2.25 bits per heavy atom. The largest absolute Gasteiger partial charge is 0.451 e. The molecule has 1 aliphatic rings. The van der Waals surface area contributed by atoms with Crippen LogP contribution in [0.3, 0.4) is 0 Å². The first-order valence-electron chi connectivity index (χ1n) is 11.6. The Balaban J connectivity index is 1.53. The molecule has 3 heterocycles. The Kier molecular flexibility index (Phi) is 6.53. The number of rotatable bonds is 5.